The van der Waals surface area contributed by atoms with Crippen LogP contribution in [-0.2, 0) is 14.8 Å². The molecule has 0 saturated carbocycles. The maximum Gasteiger partial charge on any atom is 0.287 e. The monoisotopic (exact) mass is 365 g/mol. The minimum absolute atomic E-state index is 0.00569. The number of rotatable bonds is 6. The van der Waals surface area contributed by atoms with E-state index in [4.69, 9.17) is 9.56 Å². The summed E-state index contributed by atoms with van der Waals surface area (Å²) in [4.78, 5) is 24.0. The van der Waals surface area contributed by atoms with Gasteiger partial charge in [-0.2, -0.15) is 0 Å². The lowest BCUT2D eigenvalue weighted by atomic mass is 10.1. The van der Waals surface area contributed by atoms with Crippen LogP contribution in [-0.4, -0.2) is 26.3 Å². The van der Waals surface area contributed by atoms with Crippen LogP contribution in [0, 0.1) is 0 Å². The molecule has 8 nitrogen and oxygen atoms in total. The van der Waals surface area contributed by atoms with Gasteiger partial charge in [0.25, 0.3) is 5.91 Å². The second-order valence-electron chi connectivity index (χ2n) is 5.52. The summed E-state index contributed by atoms with van der Waals surface area (Å²) in [6.45, 7) is 3.29. The second kappa shape index (κ2) is 7.49. The summed E-state index contributed by atoms with van der Waals surface area (Å²) in [7, 11) is -3.76. The number of primary sulfonamides is 1. The normalized spacial score (nSPS) is 13.7. The van der Waals surface area contributed by atoms with Crippen molar-refractivity contribution in [3.8, 4) is 0 Å². The number of nitrogens with two attached hydrogens (primary N) is 1. The van der Waals surface area contributed by atoms with Crippen molar-refractivity contribution in [2.24, 2.45) is 5.14 Å². The number of hydrogen-bond acceptors (Lipinski definition) is 5. The third kappa shape index (κ3) is 4.91. The molecule has 0 unspecified atom stereocenters. The van der Waals surface area contributed by atoms with Crippen LogP contribution in [0.5, 0.6) is 0 Å². The molecular formula is C16H19N3O5S. The Bertz CT molecular complexity index is 844. The van der Waals surface area contributed by atoms with Crippen molar-refractivity contribution in [3.05, 3.63) is 54.0 Å². The third-order valence-electron chi connectivity index (χ3n) is 3.55. The molecule has 2 aromatic rings. The molecule has 25 heavy (non-hydrogen) atoms. The van der Waals surface area contributed by atoms with Crippen LogP contribution < -0.4 is 15.8 Å². The first-order valence-electron chi connectivity index (χ1n) is 7.46. The Morgan fingerprint density at radius 3 is 2.24 bits per heavy atom. The van der Waals surface area contributed by atoms with Crippen molar-refractivity contribution in [3.63, 3.8) is 0 Å². The lowest BCUT2D eigenvalue weighted by molar-refractivity contribution is -0.123. The quantitative estimate of drug-likeness (QED) is 0.700. The van der Waals surface area contributed by atoms with Crippen LogP contribution >= 0.6 is 0 Å². The summed E-state index contributed by atoms with van der Waals surface area (Å²) < 4.78 is 27.4. The molecule has 0 aliphatic heterocycles. The van der Waals surface area contributed by atoms with Crippen LogP contribution in [0.3, 0.4) is 0 Å². The largest absolute Gasteiger partial charge is 0.459 e. The fourth-order valence-corrected chi connectivity index (χ4v) is 2.62. The maximum atomic E-state index is 12.2. The van der Waals surface area contributed by atoms with Gasteiger partial charge in [-0.25, -0.2) is 13.6 Å². The standard InChI is InChI=1S/C16H19N3O5S/c1-10(12-5-7-13(8-6-12)25(17,22)23)18-15(20)11(2)19-16(21)14-4-3-9-24-14/h3-11H,1-2H3,(H,18,20)(H,19,21)(H2,17,22,23)/t10-,11+/m1/s1. The number of furan rings is 1. The Hall–Kier alpha value is -2.65. The van der Waals surface area contributed by atoms with E-state index in [1.807, 2.05) is 0 Å². The lowest BCUT2D eigenvalue weighted by Crippen LogP contribution is -2.45. The second-order valence-corrected chi connectivity index (χ2v) is 7.08. The molecule has 1 heterocycles. The molecule has 134 valence electrons. The first-order valence-corrected chi connectivity index (χ1v) is 9.00. The van der Waals surface area contributed by atoms with E-state index in [-0.39, 0.29) is 22.6 Å². The molecule has 0 saturated heterocycles. The molecule has 0 aliphatic carbocycles. The molecule has 2 atom stereocenters. The summed E-state index contributed by atoms with van der Waals surface area (Å²) >= 11 is 0. The molecule has 9 heteroatoms. The first kappa shape index (κ1) is 18.7. The average Bonchev–Trinajstić information content (AvgIpc) is 3.08. The van der Waals surface area contributed by atoms with Crippen molar-refractivity contribution >= 4 is 21.8 Å². The number of carbonyl (C=O) groups excluding carboxylic acids is 2. The van der Waals surface area contributed by atoms with E-state index in [0.29, 0.717) is 5.56 Å². The first-order chi connectivity index (χ1) is 11.7. The zero-order valence-electron chi connectivity index (χ0n) is 13.7. The van der Waals surface area contributed by atoms with Gasteiger partial charge in [0, 0.05) is 0 Å². The molecule has 4 N–H and O–H groups in total. The SMILES string of the molecule is C[C@H](NC(=O)c1ccco1)C(=O)N[C@H](C)c1ccc(S(N)(=O)=O)cc1. The maximum absolute atomic E-state index is 12.2. The molecule has 0 aliphatic rings. The molecule has 0 bridgehead atoms. The fraction of sp³-hybridized carbons (Fsp3) is 0.250. The smallest absolute Gasteiger partial charge is 0.287 e. The molecule has 1 aromatic carbocycles. The summed E-state index contributed by atoms with van der Waals surface area (Å²) in [5, 5.41) is 10.3. The van der Waals surface area contributed by atoms with Crippen molar-refractivity contribution in [2.45, 2.75) is 30.8 Å². The highest BCUT2D eigenvalue weighted by Gasteiger charge is 2.20. The summed E-state index contributed by atoms with van der Waals surface area (Å²) in [6, 6.07) is 7.79. The summed E-state index contributed by atoms with van der Waals surface area (Å²) in [6.07, 6.45) is 1.37. The minimum atomic E-state index is -3.76. The van der Waals surface area contributed by atoms with Gasteiger partial charge >= 0.3 is 0 Å². The van der Waals surface area contributed by atoms with Crippen molar-refractivity contribution < 1.29 is 22.4 Å². The Morgan fingerprint density at radius 2 is 1.72 bits per heavy atom. The van der Waals surface area contributed by atoms with Crippen LogP contribution in [0.1, 0.15) is 36.0 Å². The Kier molecular flexibility index (Phi) is 5.60. The van der Waals surface area contributed by atoms with Crippen LogP contribution in [0.4, 0.5) is 0 Å². The lowest BCUT2D eigenvalue weighted by Gasteiger charge is -2.18. The van der Waals surface area contributed by atoms with Gasteiger partial charge in [-0.05, 0) is 43.7 Å². The van der Waals surface area contributed by atoms with E-state index >= 15 is 0 Å². The minimum Gasteiger partial charge on any atom is -0.459 e. The molecular weight excluding hydrogens is 346 g/mol. The highest BCUT2D eigenvalue weighted by Crippen LogP contribution is 2.15. The Morgan fingerprint density at radius 1 is 1.08 bits per heavy atom. The number of amides is 2. The predicted octanol–water partition coefficient (Wildman–Crippen LogP) is 0.923. The Balaban J connectivity index is 1.96. The van der Waals surface area contributed by atoms with Gasteiger partial charge in [0.2, 0.25) is 15.9 Å². The van der Waals surface area contributed by atoms with E-state index in [2.05, 4.69) is 10.6 Å². The number of nitrogens with one attached hydrogen (secondary N) is 2. The van der Waals surface area contributed by atoms with Gasteiger partial charge in [0.1, 0.15) is 6.04 Å². The number of hydrogen-bond donors (Lipinski definition) is 3. The molecule has 0 fully saturated rings. The number of benzene rings is 1. The Labute approximate surface area is 145 Å². The number of carbonyl (C=O) groups is 2. The van der Waals surface area contributed by atoms with Gasteiger partial charge in [-0.3, -0.25) is 9.59 Å². The molecule has 0 radical (unpaired) electrons. The van der Waals surface area contributed by atoms with Crippen LogP contribution in [0.25, 0.3) is 0 Å². The third-order valence-corrected chi connectivity index (χ3v) is 4.48. The zero-order valence-corrected chi connectivity index (χ0v) is 14.5. The molecule has 2 amide bonds. The topological polar surface area (TPSA) is 132 Å². The summed E-state index contributed by atoms with van der Waals surface area (Å²) in [5.74, 6) is -0.757. The predicted molar refractivity (Wildman–Crippen MR) is 90.0 cm³/mol. The zero-order chi connectivity index (χ0) is 18.6. The van der Waals surface area contributed by atoms with E-state index in [9.17, 15) is 18.0 Å². The molecule has 1 aromatic heterocycles. The summed E-state index contributed by atoms with van der Waals surface area (Å²) in [5.41, 5.74) is 0.699. The highest BCUT2D eigenvalue weighted by molar-refractivity contribution is 7.89. The molecule has 2 rings (SSSR count). The van der Waals surface area contributed by atoms with Gasteiger partial charge < -0.3 is 15.1 Å². The number of sulfonamides is 1. The molecule has 0 spiro atoms. The van der Waals surface area contributed by atoms with E-state index in [1.165, 1.54) is 24.5 Å². The highest BCUT2D eigenvalue weighted by atomic mass is 32.2. The van der Waals surface area contributed by atoms with Crippen molar-refractivity contribution in [1.82, 2.24) is 10.6 Å². The van der Waals surface area contributed by atoms with Gasteiger partial charge in [-0.15, -0.1) is 0 Å². The van der Waals surface area contributed by atoms with E-state index < -0.39 is 22.0 Å². The van der Waals surface area contributed by atoms with E-state index in [1.54, 1.807) is 32.0 Å². The van der Waals surface area contributed by atoms with Crippen LogP contribution in [0.2, 0.25) is 0 Å². The van der Waals surface area contributed by atoms with Gasteiger partial charge in [0.15, 0.2) is 5.76 Å². The fourth-order valence-electron chi connectivity index (χ4n) is 2.11. The van der Waals surface area contributed by atoms with E-state index in [0.717, 1.165) is 0 Å². The van der Waals surface area contributed by atoms with Crippen molar-refractivity contribution in [2.75, 3.05) is 0 Å². The average molecular weight is 365 g/mol. The van der Waals surface area contributed by atoms with Crippen LogP contribution in [0.15, 0.2) is 52.0 Å². The van der Waals surface area contributed by atoms with Gasteiger partial charge in [0.05, 0.1) is 17.2 Å². The van der Waals surface area contributed by atoms with Crippen molar-refractivity contribution in [1.29, 1.82) is 0 Å². The van der Waals surface area contributed by atoms with Gasteiger partial charge in [-0.1, -0.05) is 12.1 Å².